The third kappa shape index (κ3) is 3.45. The lowest BCUT2D eigenvalue weighted by atomic mass is 10.1. The summed E-state index contributed by atoms with van der Waals surface area (Å²) in [6.45, 7) is 1.18. The van der Waals surface area contributed by atoms with Crippen molar-refractivity contribution in [1.29, 1.82) is 0 Å². The Bertz CT molecular complexity index is 143. The van der Waals surface area contributed by atoms with E-state index in [0.29, 0.717) is 6.61 Å². The average molecular weight is 190 g/mol. The molecule has 0 aromatic heterocycles. The minimum Gasteiger partial charge on any atom is -0.462 e. The Hall–Kier alpha value is -0.220. The van der Waals surface area contributed by atoms with Gasteiger partial charge in [-0.3, -0.25) is 4.79 Å². The van der Waals surface area contributed by atoms with E-state index < -0.39 is 0 Å². The van der Waals surface area contributed by atoms with Crippen LogP contribution in [0, 0.1) is 0 Å². The van der Waals surface area contributed by atoms with Crippen LogP contribution in [0.2, 0.25) is 0 Å². The number of carbonyl (C=O) groups is 1. The fourth-order valence-corrected chi connectivity index (χ4v) is 1.26. The molecule has 0 aromatic rings. The molecule has 1 rings (SSSR count). The first-order chi connectivity index (χ1) is 5.83. The molecule has 1 atom stereocenters. The molecular formula is C8H14O3S. The van der Waals surface area contributed by atoms with Crippen molar-refractivity contribution in [2.75, 3.05) is 19.0 Å². The SMILES string of the molecule is O=C(CS)OCC1CCCCO1. The van der Waals surface area contributed by atoms with Crippen molar-refractivity contribution < 1.29 is 14.3 Å². The molecule has 0 saturated carbocycles. The summed E-state index contributed by atoms with van der Waals surface area (Å²) in [6.07, 6.45) is 3.41. The number of hydrogen-bond acceptors (Lipinski definition) is 4. The Labute approximate surface area is 77.8 Å². The number of thiol groups is 1. The van der Waals surface area contributed by atoms with Gasteiger partial charge in [-0.1, -0.05) is 0 Å². The third-order valence-electron chi connectivity index (χ3n) is 1.83. The Morgan fingerprint density at radius 1 is 1.58 bits per heavy atom. The van der Waals surface area contributed by atoms with E-state index in [9.17, 15) is 4.79 Å². The van der Waals surface area contributed by atoms with E-state index in [2.05, 4.69) is 12.6 Å². The van der Waals surface area contributed by atoms with Gasteiger partial charge in [0, 0.05) is 6.61 Å². The quantitative estimate of drug-likeness (QED) is 0.533. The van der Waals surface area contributed by atoms with Gasteiger partial charge < -0.3 is 9.47 Å². The highest BCUT2D eigenvalue weighted by molar-refractivity contribution is 7.81. The molecule has 0 spiro atoms. The zero-order valence-corrected chi connectivity index (χ0v) is 7.89. The minimum absolute atomic E-state index is 0.114. The largest absolute Gasteiger partial charge is 0.462 e. The maximum absolute atomic E-state index is 10.7. The van der Waals surface area contributed by atoms with Gasteiger partial charge in [0.2, 0.25) is 0 Å². The summed E-state index contributed by atoms with van der Waals surface area (Å²) in [4.78, 5) is 10.7. The van der Waals surface area contributed by atoms with Crippen LogP contribution in [0.25, 0.3) is 0 Å². The van der Waals surface area contributed by atoms with Gasteiger partial charge in [-0.2, -0.15) is 12.6 Å². The third-order valence-corrected chi connectivity index (χ3v) is 2.09. The molecule has 0 aromatic carbocycles. The summed E-state index contributed by atoms with van der Waals surface area (Å²) in [6, 6.07) is 0. The van der Waals surface area contributed by atoms with E-state index in [1.54, 1.807) is 0 Å². The Kier molecular flexibility index (Phi) is 4.46. The second kappa shape index (κ2) is 5.43. The molecule has 0 amide bonds. The molecule has 1 unspecified atom stereocenters. The molecule has 0 radical (unpaired) electrons. The molecule has 0 bridgehead atoms. The van der Waals surface area contributed by atoms with Crippen LogP contribution in [0.15, 0.2) is 0 Å². The molecule has 1 aliphatic rings. The normalized spacial score (nSPS) is 23.6. The average Bonchev–Trinajstić information content (AvgIpc) is 2.16. The Balaban J connectivity index is 2.09. The fourth-order valence-electron chi connectivity index (χ4n) is 1.17. The molecule has 1 heterocycles. The number of ether oxygens (including phenoxy) is 2. The molecule has 1 fully saturated rings. The second-order valence-corrected chi connectivity index (χ2v) is 3.15. The van der Waals surface area contributed by atoms with Crippen LogP contribution in [0.5, 0.6) is 0 Å². The van der Waals surface area contributed by atoms with E-state index >= 15 is 0 Å². The van der Waals surface area contributed by atoms with Crippen LogP contribution in [0.3, 0.4) is 0 Å². The maximum Gasteiger partial charge on any atom is 0.315 e. The van der Waals surface area contributed by atoms with E-state index in [4.69, 9.17) is 9.47 Å². The molecule has 1 aliphatic heterocycles. The lowest BCUT2D eigenvalue weighted by Crippen LogP contribution is -2.26. The lowest BCUT2D eigenvalue weighted by Gasteiger charge is -2.21. The van der Waals surface area contributed by atoms with Gasteiger partial charge in [-0.15, -0.1) is 0 Å². The van der Waals surface area contributed by atoms with Crippen molar-refractivity contribution in [2.24, 2.45) is 0 Å². The summed E-state index contributed by atoms with van der Waals surface area (Å²) < 4.78 is 10.3. The van der Waals surface area contributed by atoms with E-state index in [0.717, 1.165) is 19.4 Å². The molecular weight excluding hydrogens is 176 g/mol. The number of rotatable bonds is 3. The summed E-state index contributed by atoms with van der Waals surface area (Å²) in [5.74, 6) is -0.125. The molecule has 70 valence electrons. The minimum atomic E-state index is -0.271. The summed E-state index contributed by atoms with van der Waals surface area (Å²) in [5, 5.41) is 0. The highest BCUT2D eigenvalue weighted by Gasteiger charge is 2.15. The van der Waals surface area contributed by atoms with Crippen LogP contribution in [-0.2, 0) is 14.3 Å². The first kappa shape index (κ1) is 9.86. The maximum atomic E-state index is 10.7. The summed E-state index contributed by atoms with van der Waals surface area (Å²) in [7, 11) is 0. The van der Waals surface area contributed by atoms with E-state index in [-0.39, 0.29) is 17.8 Å². The summed E-state index contributed by atoms with van der Waals surface area (Å²) in [5.41, 5.74) is 0. The van der Waals surface area contributed by atoms with Gasteiger partial charge in [0.1, 0.15) is 6.61 Å². The Morgan fingerprint density at radius 3 is 3.00 bits per heavy atom. The second-order valence-electron chi connectivity index (χ2n) is 2.83. The first-order valence-electron chi connectivity index (χ1n) is 4.21. The fraction of sp³-hybridized carbons (Fsp3) is 0.875. The van der Waals surface area contributed by atoms with Crippen molar-refractivity contribution in [3.8, 4) is 0 Å². The van der Waals surface area contributed by atoms with Gasteiger partial charge in [-0.25, -0.2) is 0 Å². The predicted molar refractivity (Wildman–Crippen MR) is 48.4 cm³/mol. The highest BCUT2D eigenvalue weighted by Crippen LogP contribution is 2.12. The van der Waals surface area contributed by atoms with Crippen LogP contribution >= 0.6 is 12.6 Å². The van der Waals surface area contributed by atoms with Crippen molar-refractivity contribution in [1.82, 2.24) is 0 Å². The molecule has 4 heteroatoms. The highest BCUT2D eigenvalue weighted by atomic mass is 32.1. The van der Waals surface area contributed by atoms with Crippen molar-refractivity contribution in [3.63, 3.8) is 0 Å². The van der Waals surface area contributed by atoms with E-state index in [1.165, 1.54) is 6.42 Å². The van der Waals surface area contributed by atoms with Crippen LogP contribution in [-0.4, -0.2) is 31.0 Å². The van der Waals surface area contributed by atoms with Crippen LogP contribution < -0.4 is 0 Å². The van der Waals surface area contributed by atoms with E-state index in [1.807, 2.05) is 0 Å². The van der Waals surface area contributed by atoms with Gasteiger partial charge in [-0.05, 0) is 19.3 Å². The first-order valence-corrected chi connectivity index (χ1v) is 4.84. The monoisotopic (exact) mass is 190 g/mol. The Morgan fingerprint density at radius 2 is 2.42 bits per heavy atom. The van der Waals surface area contributed by atoms with Crippen molar-refractivity contribution >= 4 is 18.6 Å². The zero-order chi connectivity index (χ0) is 8.81. The number of esters is 1. The number of hydrogen-bond donors (Lipinski definition) is 1. The molecule has 0 N–H and O–H groups in total. The molecule has 12 heavy (non-hydrogen) atoms. The summed E-state index contributed by atoms with van der Waals surface area (Å²) >= 11 is 3.80. The van der Waals surface area contributed by atoms with Gasteiger partial charge in [0.05, 0.1) is 11.9 Å². The topological polar surface area (TPSA) is 35.5 Å². The zero-order valence-electron chi connectivity index (χ0n) is 6.99. The van der Waals surface area contributed by atoms with Crippen molar-refractivity contribution in [2.45, 2.75) is 25.4 Å². The van der Waals surface area contributed by atoms with Crippen LogP contribution in [0.1, 0.15) is 19.3 Å². The smallest absolute Gasteiger partial charge is 0.315 e. The lowest BCUT2D eigenvalue weighted by molar-refractivity contribution is -0.145. The van der Waals surface area contributed by atoms with Crippen molar-refractivity contribution in [3.05, 3.63) is 0 Å². The van der Waals surface area contributed by atoms with Gasteiger partial charge in [0.15, 0.2) is 0 Å². The standard InChI is InChI=1S/C8H14O3S/c9-8(6-12)11-5-7-3-1-2-4-10-7/h7,12H,1-6H2. The van der Waals surface area contributed by atoms with Gasteiger partial charge >= 0.3 is 5.97 Å². The predicted octanol–water partition coefficient (Wildman–Crippen LogP) is 1.03. The molecule has 3 nitrogen and oxygen atoms in total. The number of carbonyl (C=O) groups excluding carboxylic acids is 1. The molecule has 1 saturated heterocycles. The van der Waals surface area contributed by atoms with Crippen LogP contribution in [0.4, 0.5) is 0 Å². The molecule has 0 aliphatic carbocycles. The van der Waals surface area contributed by atoms with Gasteiger partial charge in [0.25, 0.3) is 0 Å².